The van der Waals surface area contributed by atoms with Gasteiger partial charge < -0.3 is 14.2 Å². The van der Waals surface area contributed by atoms with E-state index in [0.29, 0.717) is 12.0 Å². The number of ether oxygens (including phenoxy) is 3. The molecule has 0 radical (unpaired) electrons. The molecule has 0 aliphatic rings. The second kappa shape index (κ2) is 9.55. The van der Waals surface area contributed by atoms with E-state index in [1.165, 1.54) is 14.0 Å². The Morgan fingerprint density at radius 2 is 1.75 bits per heavy atom. The van der Waals surface area contributed by atoms with E-state index in [2.05, 4.69) is 11.3 Å². The minimum Gasteiger partial charge on any atom is -0.466 e. The number of rotatable bonds is 7. The fourth-order valence-electron chi connectivity index (χ4n) is 1.02. The maximum Gasteiger partial charge on any atom is 0.338 e. The molecule has 0 saturated carbocycles. The summed E-state index contributed by atoms with van der Waals surface area (Å²) in [7, 11) is 1.23. The molecule has 0 aromatic rings. The highest BCUT2D eigenvalue weighted by molar-refractivity contribution is 5.90. The third kappa shape index (κ3) is 7.15. The van der Waals surface area contributed by atoms with Gasteiger partial charge in [-0.25, -0.2) is 14.4 Å². The minimum atomic E-state index is -0.594. The summed E-state index contributed by atoms with van der Waals surface area (Å²) in [4.78, 5) is 33.3. The molecule has 0 spiro atoms. The van der Waals surface area contributed by atoms with Crippen LogP contribution in [0.3, 0.4) is 0 Å². The molecule has 0 N–H and O–H groups in total. The SMILES string of the molecule is C=CC(=O)OCCC=C(C)C(=O)OC=C(C)C(=O)OC. The molecule has 0 aliphatic heterocycles. The molecule has 110 valence electrons. The lowest BCUT2D eigenvalue weighted by Crippen LogP contribution is -2.06. The maximum absolute atomic E-state index is 11.5. The highest BCUT2D eigenvalue weighted by Gasteiger charge is 2.07. The lowest BCUT2D eigenvalue weighted by Gasteiger charge is -2.02. The Labute approximate surface area is 117 Å². The molecule has 0 unspecified atom stereocenters. The summed E-state index contributed by atoms with van der Waals surface area (Å²) in [5.41, 5.74) is 0.516. The van der Waals surface area contributed by atoms with Crippen LogP contribution in [0.2, 0.25) is 0 Å². The molecule has 0 atom stereocenters. The van der Waals surface area contributed by atoms with Gasteiger partial charge in [0.1, 0.15) is 6.26 Å². The van der Waals surface area contributed by atoms with Gasteiger partial charge in [0, 0.05) is 18.1 Å². The van der Waals surface area contributed by atoms with Crippen LogP contribution in [-0.2, 0) is 28.6 Å². The van der Waals surface area contributed by atoms with E-state index in [-0.39, 0.29) is 12.2 Å². The Morgan fingerprint density at radius 3 is 2.30 bits per heavy atom. The minimum absolute atomic E-state index is 0.145. The fourth-order valence-corrected chi connectivity index (χ4v) is 1.02. The number of hydrogen-bond donors (Lipinski definition) is 0. The van der Waals surface area contributed by atoms with Gasteiger partial charge in [-0.2, -0.15) is 0 Å². The summed E-state index contributed by atoms with van der Waals surface area (Å²) < 4.78 is 14.0. The molecular weight excluding hydrogens is 264 g/mol. The van der Waals surface area contributed by atoms with E-state index in [1.54, 1.807) is 13.0 Å². The third-order valence-electron chi connectivity index (χ3n) is 2.15. The summed E-state index contributed by atoms with van der Waals surface area (Å²) in [5, 5.41) is 0. The van der Waals surface area contributed by atoms with Crippen molar-refractivity contribution in [2.75, 3.05) is 13.7 Å². The predicted octanol–water partition coefficient (Wildman–Crippen LogP) is 1.67. The molecule has 0 aromatic heterocycles. The van der Waals surface area contributed by atoms with E-state index in [0.717, 1.165) is 12.3 Å². The molecule has 0 aliphatic carbocycles. The van der Waals surface area contributed by atoms with Gasteiger partial charge in [0.05, 0.1) is 19.3 Å². The Morgan fingerprint density at radius 1 is 1.10 bits per heavy atom. The van der Waals surface area contributed by atoms with Crippen molar-refractivity contribution in [1.29, 1.82) is 0 Å². The summed E-state index contributed by atoms with van der Waals surface area (Å²) in [6.45, 7) is 6.42. The normalized spacial score (nSPS) is 11.6. The first kappa shape index (κ1) is 17.6. The average molecular weight is 282 g/mol. The molecule has 6 nitrogen and oxygen atoms in total. The lowest BCUT2D eigenvalue weighted by molar-refractivity contribution is -0.138. The average Bonchev–Trinajstić information content (AvgIpc) is 2.46. The second-order valence-electron chi connectivity index (χ2n) is 3.75. The van der Waals surface area contributed by atoms with E-state index in [9.17, 15) is 14.4 Å². The van der Waals surface area contributed by atoms with Crippen LogP contribution in [-0.4, -0.2) is 31.6 Å². The molecular formula is C14H18O6. The summed E-state index contributed by atoms with van der Waals surface area (Å²) in [6.07, 6.45) is 4.04. The van der Waals surface area contributed by atoms with Gasteiger partial charge in [-0.1, -0.05) is 12.7 Å². The Bertz CT molecular complexity index is 445. The third-order valence-corrected chi connectivity index (χ3v) is 2.15. The number of hydrogen-bond acceptors (Lipinski definition) is 6. The molecule has 0 amide bonds. The molecule has 20 heavy (non-hydrogen) atoms. The van der Waals surface area contributed by atoms with E-state index in [1.807, 2.05) is 0 Å². The molecule has 0 saturated heterocycles. The Balaban J connectivity index is 4.24. The van der Waals surface area contributed by atoms with Crippen LogP contribution in [0, 0.1) is 0 Å². The summed E-state index contributed by atoms with van der Waals surface area (Å²) in [6, 6.07) is 0. The van der Waals surface area contributed by atoms with Gasteiger partial charge in [-0.15, -0.1) is 0 Å². The van der Waals surface area contributed by atoms with Crippen LogP contribution in [0.25, 0.3) is 0 Å². The zero-order valence-electron chi connectivity index (χ0n) is 11.8. The van der Waals surface area contributed by atoms with E-state index >= 15 is 0 Å². The number of methoxy groups -OCH3 is 1. The molecule has 0 aromatic carbocycles. The van der Waals surface area contributed by atoms with Crippen LogP contribution in [0.5, 0.6) is 0 Å². The zero-order chi connectivity index (χ0) is 15.5. The van der Waals surface area contributed by atoms with Crippen molar-refractivity contribution >= 4 is 17.9 Å². The number of esters is 3. The quantitative estimate of drug-likeness (QED) is 0.232. The monoisotopic (exact) mass is 282 g/mol. The van der Waals surface area contributed by atoms with Gasteiger partial charge in [-0.3, -0.25) is 0 Å². The van der Waals surface area contributed by atoms with Crippen molar-refractivity contribution in [1.82, 2.24) is 0 Å². The number of carbonyl (C=O) groups is 3. The molecule has 0 heterocycles. The highest BCUT2D eigenvalue weighted by atomic mass is 16.5. The Hall–Kier alpha value is -2.37. The first-order chi connectivity index (χ1) is 9.42. The first-order valence-corrected chi connectivity index (χ1v) is 5.84. The van der Waals surface area contributed by atoms with Crippen molar-refractivity contribution in [2.24, 2.45) is 0 Å². The van der Waals surface area contributed by atoms with Crippen molar-refractivity contribution < 1.29 is 28.6 Å². The Kier molecular flexibility index (Phi) is 8.41. The maximum atomic E-state index is 11.5. The highest BCUT2D eigenvalue weighted by Crippen LogP contribution is 2.03. The molecule has 0 fully saturated rings. The fraction of sp³-hybridized carbons (Fsp3) is 0.357. The van der Waals surface area contributed by atoms with Crippen molar-refractivity contribution in [2.45, 2.75) is 20.3 Å². The van der Waals surface area contributed by atoms with Gasteiger partial charge >= 0.3 is 17.9 Å². The van der Waals surface area contributed by atoms with Crippen LogP contribution in [0.4, 0.5) is 0 Å². The van der Waals surface area contributed by atoms with Gasteiger partial charge in [0.15, 0.2) is 0 Å². The lowest BCUT2D eigenvalue weighted by atomic mass is 10.2. The van der Waals surface area contributed by atoms with Gasteiger partial charge in [-0.05, 0) is 13.8 Å². The van der Waals surface area contributed by atoms with Crippen LogP contribution in [0.1, 0.15) is 20.3 Å². The standard InChI is InChI=1S/C14H18O6/c1-5-12(15)19-8-6-7-10(2)14(17)20-9-11(3)13(16)18-4/h5,7,9H,1,6,8H2,2-4H3. The summed E-state index contributed by atoms with van der Waals surface area (Å²) in [5.74, 6) is -1.69. The molecule has 0 bridgehead atoms. The van der Waals surface area contributed by atoms with Crippen molar-refractivity contribution in [3.05, 3.63) is 36.1 Å². The zero-order valence-corrected chi connectivity index (χ0v) is 11.8. The van der Waals surface area contributed by atoms with Gasteiger partial charge in [0.25, 0.3) is 0 Å². The van der Waals surface area contributed by atoms with Crippen molar-refractivity contribution in [3.63, 3.8) is 0 Å². The molecule has 6 heteroatoms. The van der Waals surface area contributed by atoms with E-state index < -0.39 is 17.9 Å². The van der Waals surface area contributed by atoms with Crippen LogP contribution >= 0.6 is 0 Å². The topological polar surface area (TPSA) is 78.9 Å². The predicted molar refractivity (Wildman–Crippen MR) is 71.4 cm³/mol. The first-order valence-electron chi connectivity index (χ1n) is 5.84. The summed E-state index contributed by atoms with van der Waals surface area (Å²) >= 11 is 0. The largest absolute Gasteiger partial charge is 0.466 e. The van der Waals surface area contributed by atoms with Crippen LogP contribution in [0.15, 0.2) is 36.1 Å². The van der Waals surface area contributed by atoms with Gasteiger partial charge in [0.2, 0.25) is 0 Å². The smallest absolute Gasteiger partial charge is 0.338 e. The van der Waals surface area contributed by atoms with E-state index in [4.69, 9.17) is 9.47 Å². The van der Waals surface area contributed by atoms with Crippen molar-refractivity contribution in [3.8, 4) is 0 Å². The molecule has 0 rings (SSSR count). The number of carbonyl (C=O) groups excluding carboxylic acids is 3. The second-order valence-corrected chi connectivity index (χ2v) is 3.75. The van der Waals surface area contributed by atoms with Crippen LogP contribution < -0.4 is 0 Å².